The van der Waals surface area contributed by atoms with Gasteiger partial charge in [0.2, 0.25) is 11.8 Å². The molecule has 2 aromatic carbocycles. The Morgan fingerprint density at radius 1 is 0.926 bits per heavy atom. The molecule has 1 saturated heterocycles. The molecule has 0 bridgehead atoms. The van der Waals surface area contributed by atoms with Gasteiger partial charge in [-0.2, -0.15) is 0 Å². The van der Waals surface area contributed by atoms with Crippen molar-refractivity contribution in [1.29, 1.82) is 0 Å². The van der Waals surface area contributed by atoms with E-state index in [1.807, 2.05) is 60.7 Å². The maximum absolute atomic E-state index is 12.8. The van der Waals surface area contributed by atoms with Crippen molar-refractivity contribution in [3.63, 3.8) is 0 Å². The van der Waals surface area contributed by atoms with Crippen molar-refractivity contribution >= 4 is 21.7 Å². The minimum absolute atomic E-state index is 0.0328. The van der Waals surface area contributed by atoms with Crippen LogP contribution < -0.4 is 10.9 Å². The minimum atomic E-state index is -3.03. The first-order valence-corrected chi connectivity index (χ1v) is 10.7. The molecule has 6 nitrogen and oxygen atoms in total. The molecule has 0 aromatic heterocycles. The highest BCUT2D eigenvalue weighted by atomic mass is 32.2. The molecule has 1 aliphatic heterocycles. The first-order valence-electron chi connectivity index (χ1n) is 8.83. The maximum Gasteiger partial charge on any atom is 0.250 e. The summed E-state index contributed by atoms with van der Waals surface area (Å²) in [5.41, 5.74) is 6.54. The molecule has 27 heavy (non-hydrogen) atoms. The number of hydrogen-bond acceptors (Lipinski definition) is 4. The summed E-state index contributed by atoms with van der Waals surface area (Å²) in [5, 5.41) is 0. The van der Waals surface area contributed by atoms with E-state index in [1.54, 1.807) is 0 Å². The number of benzene rings is 2. The van der Waals surface area contributed by atoms with Crippen molar-refractivity contribution in [2.45, 2.75) is 18.8 Å². The second-order valence-electron chi connectivity index (χ2n) is 6.76. The third-order valence-electron chi connectivity index (χ3n) is 4.65. The van der Waals surface area contributed by atoms with Crippen molar-refractivity contribution in [2.75, 3.05) is 11.5 Å². The molecule has 2 aromatic rings. The van der Waals surface area contributed by atoms with Crippen LogP contribution in [0.5, 0.6) is 0 Å². The van der Waals surface area contributed by atoms with Gasteiger partial charge < -0.3 is 0 Å². The van der Waals surface area contributed by atoms with Crippen LogP contribution in [0, 0.1) is 5.92 Å². The topological polar surface area (TPSA) is 92.3 Å². The molecular formula is C20H22N2O4S. The standard InChI is InChI=1S/C20H22N2O4S/c23-18(13-15-11-12-27(25,26)14-15)21-22-20(24)19(16-7-3-1-4-8-16)17-9-5-2-6-10-17/h1-10,15,19H,11-14H2,(H,21,23)(H,22,24). The van der Waals surface area contributed by atoms with Crippen LogP contribution >= 0.6 is 0 Å². The normalized spacial score (nSPS) is 18.2. The summed E-state index contributed by atoms with van der Waals surface area (Å²) < 4.78 is 23.0. The van der Waals surface area contributed by atoms with Gasteiger partial charge >= 0.3 is 0 Å². The third-order valence-corrected chi connectivity index (χ3v) is 6.49. The number of hydrazine groups is 1. The number of carbonyl (C=O) groups is 2. The second kappa shape index (κ2) is 8.35. The van der Waals surface area contributed by atoms with E-state index in [4.69, 9.17) is 0 Å². The Labute approximate surface area is 158 Å². The van der Waals surface area contributed by atoms with Crippen LogP contribution in [0.2, 0.25) is 0 Å². The van der Waals surface area contributed by atoms with E-state index < -0.39 is 15.8 Å². The Morgan fingerprint density at radius 2 is 1.48 bits per heavy atom. The monoisotopic (exact) mass is 386 g/mol. The van der Waals surface area contributed by atoms with Crippen LogP contribution in [0.15, 0.2) is 60.7 Å². The first-order chi connectivity index (χ1) is 12.9. The Bertz CT molecular complexity index is 859. The second-order valence-corrected chi connectivity index (χ2v) is 8.99. The van der Waals surface area contributed by atoms with Gasteiger partial charge in [0.25, 0.3) is 0 Å². The molecule has 3 rings (SSSR count). The maximum atomic E-state index is 12.8. The Balaban J connectivity index is 1.64. The quantitative estimate of drug-likeness (QED) is 0.767. The lowest BCUT2D eigenvalue weighted by molar-refractivity contribution is -0.129. The van der Waals surface area contributed by atoms with Crippen LogP contribution in [0.25, 0.3) is 0 Å². The van der Waals surface area contributed by atoms with Gasteiger partial charge in [-0.1, -0.05) is 60.7 Å². The van der Waals surface area contributed by atoms with E-state index in [0.717, 1.165) is 11.1 Å². The van der Waals surface area contributed by atoms with Gasteiger partial charge in [-0.25, -0.2) is 8.42 Å². The van der Waals surface area contributed by atoms with Gasteiger partial charge in [0.15, 0.2) is 9.84 Å². The summed E-state index contributed by atoms with van der Waals surface area (Å²) in [6.07, 6.45) is 0.571. The van der Waals surface area contributed by atoms with Gasteiger partial charge in [0, 0.05) is 6.42 Å². The number of carbonyl (C=O) groups excluding carboxylic acids is 2. The molecule has 142 valence electrons. The van der Waals surface area contributed by atoms with Gasteiger partial charge in [-0.3, -0.25) is 20.4 Å². The van der Waals surface area contributed by atoms with E-state index in [0.29, 0.717) is 6.42 Å². The van der Waals surface area contributed by atoms with Crippen LogP contribution in [0.4, 0.5) is 0 Å². The van der Waals surface area contributed by atoms with Gasteiger partial charge in [-0.05, 0) is 23.5 Å². The Kier molecular flexibility index (Phi) is 5.91. The molecule has 0 radical (unpaired) electrons. The zero-order chi connectivity index (χ0) is 19.3. The zero-order valence-electron chi connectivity index (χ0n) is 14.8. The first kappa shape index (κ1) is 19.1. The lowest BCUT2D eigenvalue weighted by atomic mass is 9.91. The number of rotatable bonds is 5. The fourth-order valence-electron chi connectivity index (χ4n) is 3.34. The molecule has 0 aliphatic carbocycles. The number of hydrogen-bond donors (Lipinski definition) is 2. The Hall–Kier alpha value is -2.67. The van der Waals surface area contributed by atoms with Crippen molar-refractivity contribution in [1.82, 2.24) is 10.9 Å². The summed E-state index contributed by atoms with van der Waals surface area (Å²) in [7, 11) is -3.03. The molecule has 2 amide bonds. The van der Waals surface area contributed by atoms with Crippen molar-refractivity contribution in [2.24, 2.45) is 5.92 Å². The fraction of sp³-hybridized carbons (Fsp3) is 0.300. The summed E-state index contributed by atoms with van der Waals surface area (Å²) in [6, 6.07) is 18.6. The van der Waals surface area contributed by atoms with Gasteiger partial charge in [0.05, 0.1) is 17.4 Å². The molecule has 1 fully saturated rings. The molecule has 2 N–H and O–H groups in total. The molecule has 0 spiro atoms. The van der Waals surface area contributed by atoms with Crippen molar-refractivity contribution < 1.29 is 18.0 Å². The highest BCUT2D eigenvalue weighted by Crippen LogP contribution is 2.24. The SMILES string of the molecule is O=C(CC1CCS(=O)(=O)C1)NNC(=O)C(c1ccccc1)c1ccccc1. The molecule has 1 aliphatic rings. The van der Waals surface area contributed by atoms with Crippen LogP contribution in [-0.2, 0) is 19.4 Å². The van der Waals surface area contributed by atoms with E-state index in [9.17, 15) is 18.0 Å². The molecule has 0 saturated carbocycles. The Morgan fingerprint density at radius 3 is 1.96 bits per heavy atom. The highest BCUT2D eigenvalue weighted by molar-refractivity contribution is 7.91. The van der Waals surface area contributed by atoms with Gasteiger partial charge in [-0.15, -0.1) is 0 Å². The predicted molar refractivity (Wildman–Crippen MR) is 102 cm³/mol. The molecule has 1 heterocycles. The molecular weight excluding hydrogens is 364 g/mol. The molecule has 1 atom stereocenters. The van der Waals surface area contributed by atoms with Crippen LogP contribution in [0.3, 0.4) is 0 Å². The summed E-state index contributed by atoms with van der Waals surface area (Å²) in [5.74, 6) is -1.32. The van der Waals surface area contributed by atoms with E-state index in [2.05, 4.69) is 10.9 Å². The molecule has 7 heteroatoms. The number of sulfone groups is 1. The smallest absolute Gasteiger partial charge is 0.250 e. The van der Waals surface area contributed by atoms with E-state index in [1.165, 1.54) is 0 Å². The average molecular weight is 386 g/mol. The van der Waals surface area contributed by atoms with Crippen molar-refractivity contribution in [3.05, 3.63) is 71.8 Å². The van der Waals surface area contributed by atoms with Crippen LogP contribution in [0.1, 0.15) is 29.9 Å². The van der Waals surface area contributed by atoms with E-state index >= 15 is 0 Å². The molecule has 1 unspecified atom stereocenters. The third kappa shape index (κ3) is 5.17. The number of nitrogens with one attached hydrogen (secondary N) is 2. The summed E-state index contributed by atoms with van der Waals surface area (Å²) >= 11 is 0. The average Bonchev–Trinajstić information content (AvgIpc) is 3.00. The largest absolute Gasteiger partial charge is 0.273 e. The minimum Gasteiger partial charge on any atom is -0.273 e. The summed E-state index contributed by atoms with van der Waals surface area (Å²) in [6.45, 7) is 0. The fourth-order valence-corrected chi connectivity index (χ4v) is 5.20. The summed E-state index contributed by atoms with van der Waals surface area (Å²) in [4.78, 5) is 24.9. The lowest BCUT2D eigenvalue weighted by Crippen LogP contribution is -2.44. The van der Waals surface area contributed by atoms with Gasteiger partial charge in [0.1, 0.15) is 0 Å². The van der Waals surface area contributed by atoms with Crippen LogP contribution in [-0.4, -0.2) is 31.7 Å². The van der Waals surface area contributed by atoms with Crippen molar-refractivity contribution in [3.8, 4) is 0 Å². The van der Waals surface area contributed by atoms with E-state index in [-0.39, 0.29) is 35.7 Å². The number of amides is 2. The zero-order valence-corrected chi connectivity index (χ0v) is 15.6. The highest BCUT2D eigenvalue weighted by Gasteiger charge is 2.30. The lowest BCUT2D eigenvalue weighted by Gasteiger charge is -2.18. The predicted octanol–water partition coefficient (Wildman–Crippen LogP) is 1.79.